The van der Waals surface area contributed by atoms with Crippen molar-refractivity contribution in [3.05, 3.63) is 65.7 Å². The van der Waals surface area contributed by atoms with Gasteiger partial charge in [0.05, 0.1) is 13.0 Å². The summed E-state index contributed by atoms with van der Waals surface area (Å²) in [6.45, 7) is 5.01. The third kappa shape index (κ3) is 7.40. The van der Waals surface area contributed by atoms with Crippen molar-refractivity contribution in [2.45, 2.75) is 26.2 Å². The first-order chi connectivity index (χ1) is 12.2. The van der Waals surface area contributed by atoms with Gasteiger partial charge in [-0.3, -0.25) is 4.79 Å². The summed E-state index contributed by atoms with van der Waals surface area (Å²) < 4.78 is 5.79. The van der Waals surface area contributed by atoms with Gasteiger partial charge in [-0.2, -0.15) is 0 Å². The van der Waals surface area contributed by atoms with Gasteiger partial charge >= 0.3 is 5.97 Å². The summed E-state index contributed by atoms with van der Waals surface area (Å²) in [4.78, 5) is 12.8. The molecule has 0 aliphatic carbocycles. The van der Waals surface area contributed by atoms with Crippen LogP contribution in [0.15, 0.2) is 54.6 Å². The molecule has 0 atom stereocenters. The molecule has 0 amide bonds. The Morgan fingerprint density at radius 3 is 2.32 bits per heavy atom. The number of hydrogen-bond donors (Lipinski definition) is 1. The van der Waals surface area contributed by atoms with E-state index in [0.717, 1.165) is 31.7 Å². The number of carboxylic acid groups (broad SMARTS) is 1. The van der Waals surface area contributed by atoms with Crippen LogP contribution in [-0.4, -0.2) is 42.2 Å². The van der Waals surface area contributed by atoms with Gasteiger partial charge in [-0.25, -0.2) is 0 Å². The number of nitrogens with zero attached hydrogens (tertiary/aromatic N) is 1. The number of hydrogen-bond acceptors (Lipinski definition) is 3. The molecule has 0 unspecified atom stereocenters. The van der Waals surface area contributed by atoms with Crippen molar-refractivity contribution in [1.29, 1.82) is 0 Å². The fraction of sp³-hybridized carbons (Fsp3) is 0.381. The Labute approximate surface area is 150 Å². The topological polar surface area (TPSA) is 49.8 Å². The molecule has 4 nitrogen and oxygen atoms in total. The number of rotatable bonds is 11. The Hall–Kier alpha value is -2.33. The third-order valence-electron chi connectivity index (χ3n) is 4.15. The van der Waals surface area contributed by atoms with E-state index in [1.807, 2.05) is 25.1 Å². The van der Waals surface area contributed by atoms with Crippen LogP contribution in [0.5, 0.6) is 5.75 Å². The standard InChI is InChI=1S/C21H27NO3/c1-2-22(15-13-21(23)24)14-6-16-25-20-11-9-19(10-12-20)17-18-7-4-3-5-8-18/h3-5,7-12H,2,6,13-17H2,1H3,(H,23,24). The Bertz CT molecular complexity index is 625. The number of carbonyl (C=O) groups is 1. The van der Waals surface area contributed by atoms with Crippen LogP contribution in [0.3, 0.4) is 0 Å². The smallest absolute Gasteiger partial charge is 0.304 e. The number of aliphatic carboxylic acids is 1. The monoisotopic (exact) mass is 341 g/mol. The number of ether oxygens (including phenoxy) is 1. The second kappa shape index (κ2) is 10.5. The van der Waals surface area contributed by atoms with Gasteiger partial charge in [-0.1, -0.05) is 49.4 Å². The normalized spacial score (nSPS) is 10.8. The molecule has 2 aromatic carbocycles. The second-order valence-electron chi connectivity index (χ2n) is 6.09. The van der Waals surface area contributed by atoms with Gasteiger partial charge < -0.3 is 14.7 Å². The molecule has 0 aliphatic heterocycles. The summed E-state index contributed by atoms with van der Waals surface area (Å²) in [6.07, 6.45) is 2.01. The van der Waals surface area contributed by atoms with Gasteiger partial charge in [0, 0.05) is 13.1 Å². The average molecular weight is 341 g/mol. The first-order valence-corrected chi connectivity index (χ1v) is 8.87. The largest absolute Gasteiger partial charge is 0.494 e. The SMILES string of the molecule is CCN(CCCOc1ccc(Cc2ccccc2)cc1)CCC(=O)O. The first-order valence-electron chi connectivity index (χ1n) is 8.87. The molecule has 134 valence electrons. The van der Waals surface area contributed by atoms with Crippen molar-refractivity contribution >= 4 is 5.97 Å². The summed E-state index contributed by atoms with van der Waals surface area (Å²) in [5.41, 5.74) is 2.57. The van der Waals surface area contributed by atoms with Crippen molar-refractivity contribution in [3.8, 4) is 5.75 Å². The van der Waals surface area contributed by atoms with Crippen molar-refractivity contribution in [3.63, 3.8) is 0 Å². The third-order valence-corrected chi connectivity index (χ3v) is 4.15. The second-order valence-corrected chi connectivity index (χ2v) is 6.09. The predicted molar refractivity (Wildman–Crippen MR) is 100 cm³/mol. The maximum absolute atomic E-state index is 10.6. The molecule has 0 saturated carbocycles. The summed E-state index contributed by atoms with van der Waals surface area (Å²) in [5, 5.41) is 8.74. The van der Waals surface area contributed by atoms with Gasteiger partial charge in [-0.05, 0) is 42.6 Å². The lowest BCUT2D eigenvalue weighted by Gasteiger charge is -2.19. The summed E-state index contributed by atoms with van der Waals surface area (Å²) in [7, 11) is 0. The van der Waals surface area contributed by atoms with E-state index in [1.54, 1.807) is 0 Å². The number of carboxylic acids is 1. The van der Waals surface area contributed by atoms with Crippen LogP contribution in [0.2, 0.25) is 0 Å². The molecule has 1 N–H and O–H groups in total. The summed E-state index contributed by atoms with van der Waals surface area (Å²) in [5.74, 6) is 0.135. The molecule has 2 aromatic rings. The minimum absolute atomic E-state index is 0.192. The summed E-state index contributed by atoms with van der Waals surface area (Å²) in [6, 6.07) is 18.7. The van der Waals surface area contributed by atoms with E-state index in [1.165, 1.54) is 11.1 Å². The molecule has 0 radical (unpaired) electrons. The highest BCUT2D eigenvalue weighted by Crippen LogP contribution is 2.15. The highest BCUT2D eigenvalue weighted by molar-refractivity contribution is 5.66. The fourth-order valence-electron chi connectivity index (χ4n) is 2.70. The molecule has 0 aliphatic rings. The van der Waals surface area contributed by atoms with Gasteiger partial charge in [0.1, 0.15) is 5.75 Å². The zero-order valence-electron chi connectivity index (χ0n) is 14.9. The highest BCUT2D eigenvalue weighted by Gasteiger charge is 2.05. The van der Waals surface area contributed by atoms with Crippen LogP contribution in [0.25, 0.3) is 0 Å². The van der Waals surface area contributed by atoms with Gasteiger partial charge in [0.25, 0.3) is 0 Å². The molecule has 0 bridgehead atoms. The van der Waals surface area contributed by atoms with Crippen molar-refractivity contribution in [2.75, 3.05) is 26.2 Å². The number of benzene rings is 2. The van der Waals surface area contributed by atoms with E-state index in [-0.39, 0.29) is 6.42 Å². The molecule has 0 fully saturated rings. The van der Waals surface area contributed by atoms with Crippen LogP contribution in [-0.2, 0) is 11.2 Å². The van der Waals surface area contributed by atoms with Crippen LogP contribution < -0.4 is 4.74 Å². The Morgan fingerprint density at radius 1 is 1.00 bits per heavy atom. The molecule has 0 aromatic heterocycles. The molecule has 4 heteroatoms. The molecular weight excluding hydrogens is 314 g/mol. The molecule has 0 saturated heterocycles. The van der Waals surface area contributed by atoms with E-state index in [2.05, 4.69) is 41.3 Å². The maximum atomic E-state index is 10.6. The molecule has 0 heterocycles. The van der Waals surface area contributed by atoms with Crippen LogP contribution >= 0.6 is 0 Å². The lowest BCUT2D eigenvalue weighted by Crippen LogP contribution is -2.28. The average Bonchev–Trinajstić information content (AvgIpc) is 2.63. The molecule has 2 rings (SSSR count). The Morgan fingerprint density at radius 2 is 1.68 bits per heavy atom. The van der Waals surface area contributed by atoms with E-state index >= 15 is 0 Å². The maximum Gasteiger partial charge on any atom is 0.304 e. The molecule has 25 heavy (non-hydrogen) atoms. The zero-order chi connectivity index (χ0) is 17.9. The highest BCUT2D eigenvalue weighted by atomic mass is 16.5. The molecule has 0 spiro atoms. The fourth-order valence-corrected chi connectivity index (χ4v) is 2.70. The lowest BCUT2D eigenvalue weighted by molar-refractivity contribution is -0.137. The van der Waals surface area contributed by atoms with Gasteiger partial charge in [-0.15, -0.1) is 0 Å². The lowest BCUT2D eigenvalue weighted by atomic mass is 10.1. The van der Waals surface area contributed by atoms with Crippen molar-refractivity contribution < 1.29 is 14.6 Å². The first kappa shape index (κ1) is 19.0. The van der Waals surface area contributed by atoms with Gasteiger partial charge in [0.15, 0.2) is 0 Å². The van der Waals surface area contributed by atoms with Crippen molar-refractivity contribution in [1.82, 2.24) is 4.90 Å². The van der Waals surface area contributed by atoms with Crippen molar-refractivity contribution in [2.24, 2.45) is 0 Å². The molecular formula is C21H27NO3. The van der Waals surface area contributed by atoms with Gasteiger partial charge in [0.2, 0.25) is 0 Å². The Kier molecular flexibility index (Phi) is 7.99. The van der Waals surface area contributed by atoms with E-state index in [0.29, 0.717) is 13.2 Å². The van der Waals surface area contributed by atoms with E-state index < -0.39 is 5.97 Å². The van der Waals surface area contributed by atoms with Crippen LogP contribution in [0.1, 0.15) is 30.9 Å². The van der Waals surface area contributed by atoms with E-state index in [9.17, 15) is 4.79 Å². The van der Waals surface area contributed by atoms with Crippen LogP contribution in [0.4, 0.5) is 0 Å². The van der Waals surface area contributed by atoms with Crippen LogP contribution in [0, 0.1) is 0 Å². The quantitative estimate of drug-likeness (QED) is 0.631. The predicted octanol–water partition coefficient (Wildman–Crippen LogP) is 3.84. The zero-order valence-corrected chi connectivity index (χ0v) is 14.9. The Balaban J connectivity index is 1.70. The summed E-state index contributed by atoms with van der Waals surface area (Å²) >= 11 is 0. The minimum Gasteiger partial charge on any atom is -0.494 e. The minimum atomic E-state index is -0.745. The van der Waals surface area contributed by atoms with E-state index in [4.69, 9.17) is 9.84 Å².